The molecule has 0 aromatic heterocycles. The van der Waals surface area contributed by atoms with Crippen LogP contribution in [0.4, 0.5) is 5.69 Å². The van der Waals surface area contributed by atoms with Crippen LogP contribution in [-0.4, -0.2) is 19.1 Å². The molecule has 0 fully saturated rings. The van der Waals surface area contributed by atoms with Crippen LogP contribution in [0.2, 0.25) is 5.02 Å². The van der Waals surface area contributed by atoms with Gasteiger partial charge in [0.15, 0.2) is 0 Å². The summed E-state index contributed by atoms with van der Waals surface area (Å²) in [5, 5.41) is 21.0. The molecule has 0 aliphatic carbocycles. The second-order valence-electron chi connectivity index (χ2n) is 4.67. The number of hydrogen-bond acceptors (Lipinski definition) is 5. The summed E-state index contributed by atoms with van der Waals surface area (Å²) in [6.07, 6.45) is 1.49. The van der Waals surface area contributed by atoms with Crippen molar-refractivity contribution in [2.24, 2.45) is 0 Å². The number of nitro benzene ring substituents is 1. The highest BCUT2D eigenvalue weighted by atomic mass is 35.5. The van der Waals surface area contributed by atoms with E-state index in [2.05, 4.69) is 6.07 Å². The molecular weight excluding hydrogens is 332 g/mol. The van der Waals surface area contributed by atoms with Gasteiger partial charge in [0.25, 0.3) is 0 Å². The van der Waals surface area contributed by atoms with E-state index in [4.69, 9.17) is 21.1 Å². The Morgan fingerprint density at radius 1 is 1.25 bits per heavy atom. The summed E-state index contributed by atoms with van der Waals surface area (Å²) in [5.74, 6) is 0.419. The predicted octanol–water partition coefficient (Wildman–Crippen LogP) is 4.33. The molecule has 0 amide bonds. The Morgan fingerprint density at radius 2 is 1.92 bits per heavy atom. The minimum Gasteiger partial charge on any atom is -0.496 e. The fraction of sp³-hybridized carbons (Fsp3) is 0.118. The van der Waals surface area contributed by atoms with E-state index >= 15 is 0 Å². The molecule has 0 saturated carbocycles. The molecule has 2 aromatic carbocycles. The number of allylic oxidation sites excluding steroid dienone is 1. The Morgan fingerprint density at radius 3 is 2.46 bits per heavy atom. The van der Waals surface area contributed by atoms with Gasteiger partial charge in [-0.15, -0.1) is 0 Å². The van der Waals surface area contributed by atoms with Gasteiger partial charge < -0.3 is 9.47 Å². The van der Waals surface area contributed by atoms with Crippen LogP contribution < -0.4 is 9.47 Å². The van der Waals surface area contributed by atoms with Gasteiger partial charge in [-0.3, -0.25) is 10.1 Å². The van der Waals surface area contributed by atoms with Gasteiger partial charge >= 0.3 is 5.69 Å². The number of ether oxygens (including phenoxy) is 2. The number of rotatable bonds is 5. The zero-order valence-corrected chi connectivity index (χ0v) is 13.7. The van der Waals surface area contributed by atoms with Gasteiger partial charge in [-0.25, -0.2) is 0 Å². The van der Waals surface area contributed by atoms with Gasteiger partial charge in [-0.05, 0) is 12.1 Å². The Hall–Kier alpha value is -3.04. The minimum atomic E-state index is -0.558. The van der Waals surface area contributed by atoms with E-state index in [1.807, 2.05) is 0 Å². The fourth-order valence-corrected chi connectivity index (χ4v) is 2.40. The number of nitrogens with zero attached hydrogens (tertiary/aromatic N) is 2. The lowest BCUT2D eigenvalue weighted by atomic mass is 10.0. The van der Waals surface area contributed by atoms with E-state index in [1.54, 1.807) is 24.3 Å². The standard InChI is InChI=1S/C17H13ClN2O4/c1-23-16-9-17(24-2)15(20(21)22)8-11(16)7-12(10-19)13-5-3-4-6-14(13)18/h3-9H,1-2H3. The fourth-order valence-electron chi connectivity index (χ4n) is 2.17. The molecule has 0 aliphatic rings. The molecule has 0 N–H and O–H groups in total. The van der Waals surface area contributed by atoms with Crippen LogP contribution in [0, 0.1) is 21.4 Å². The zero-order valence-electron chi connectivity index (χ0n) is 12.9. The summed E-state index contributed by atoms with van der Waals surface area (Å²) >= 11 is 6.12. The summed E-state index contributed by atoms with van der Waals surface area (Å²) in [7, 11) is 2.77. The highest BCUT2D eigenvalue weighted by Gasteiger charge is 2.19. The maximum absolute atomic E-state index is 11.2. The first kappa shape index (κ1) is 17.3. The molecule has 7 heteroatoms. The van der Waals surface area contributed by atoms with Gasteiger partial charge in [0, 0.05) is 28.3 Å². The molecule has 0 spiro atoms. The topological polar surface area (TPSA) is 85.4 Å². The summed E-state index contributed by atoms with van der Waals surface area (Å²) in [6.45, 7) is 0. The van der Waals surface area contributed by atoms with E-state index < -0.39 is 4.92 Å². The average Bonchev–Trinajstić information content (AvgIpc) is 2.59. The Bertz CT molecular complexity index is 856. The number of methoxy groups -OCH3 is 2. The smallest absolute Gasteiger partial charge is 0.311 e. The summed E-state index contributed by atoms with van der Waals surface area (Å²) in [4.78, 5) is 10.6. The molecule has 0 bridgehead atoms. The van der Waals surface area contributed by atoms with E-state index in [1.165, 1.54) is 32.4 Å². The van der Waals surface area contributed by atoms with Gasteiger partial charge in [-0.2, -0.15) is 5.26 Å². The maximum Gasteiger partial charge on any atom is 0.311 e. The van der Waals surface area contributed by atoms with E-state index in [0.717, 1.165) is 0 Å². The number of nitro groups is 1. The zero-order chi connectivity index (χ0) is 17.7. The lowest BCUT2D eigenvalue weighted by Gasteiger charge is -2.09. The molecule has 24 heavy (non-hydrogen) atoms. The first-order valence-electron chi connectivity index (χ1n) is 6.79. The van der Waals surface area contributed by atoms with Crippen LogP contribution in [-0.2, 0) is 0 Å². The van der Waals surface area contributed by atoms with Crippen molar-refractivity contribution in [2.45, 2.75) is 0 Å². The molecule has 2 aromatic rings. The van der Waals surface area contributed by atoms with E-state index in [9.17, 15) is 15.4 Å². The van der Waals surface area contributed by atoms with Crippen molar-refractivity contribution in [2.75, 3.05) is 14.2 Å². The third-order valence-electron chi connectivity index (χ3n) is 3.31. The van der Waals surface area contributed by atoms with Crippen molar-refractivity contribution in [1.82, 2.24) is 0 Å². The highest BCUT2D eigenvalue weighted by molar-refractivity contribution is 6.32. The Kier molecular flexibility index (Phi) is 5.40. The van der Waals surface area contributed by atoms with Gasteiger partial charge in [0.1, 0.15) is 5.75 Å². The molecule has 0 radical (unpaired) electrons. The van der Waals surface area contributed by atoms with E-state index in [0.29, 0.717) is 21.9 Å². The van der Waals surface area contributed by atoms with Gasteiger partial charge in [0.05, 0.1) is 30.8 Å². The van der Waals surface area contributed by atoms with Crippen molar-refractivity contribution in [3.8, 4) is 17.6 Å². The Balaban J connectivity index is 2.66. The second kappa shape index (κ2) is 7.49. The number of hydrogen-bond donors (Lipinski definition) is 0. The molecule has 6 nitrogen and oxygen atoms in total. The van der Waals surface area contributed by atoms with Crippen LogP contribution in [0.1, 0.15) is 11.1 Å². The van der Waals surface area contributed by atoms with Crippen molar-refractivity contribution in [3.63, 3.8) is 0 Å². The quantitative estimate of drug-likeness (QED) is 0.349. The van der Waals surface area contributed by atoms with Crippen molar-refractivity contribution < 1.29 is 14.4 Å². The van der Waals surface area contributed by atoms with Crippen molar-refractivity contribution >= 4 is 28.9 Å². The first-order chi connectivity index (χ1) is 11.5. The largest absolute Gasteiger partial charge is 0.496 e. The van der Waals surface area contributed by atoms with Crippen molar-refractivity contribution in [3.05, 3.63) is 62.7 Å². The maximum atomic E-state index is 11.2. The van der Waals surface area contributed by atoms with Crippen LogP contribution >= 0.6 is 11.6 Å². The van der Waals surface area contributed by atoms with Crippen LogP contribution in [0.3, 0.4) is 0 Å². The van der Waals surface area contributed by atoms with Crippen molar-refractivity contribution in [1.29, 1.82) is 5.26 Å². The predicted molar refractivity (Wildman–Crippen MR) is 91.1 cm³/mol. The number of nitriles is 1. The molecule has 2 rings (SSSR count). The lowest BCUT2D eigenvalue weighted by molar-refractivity contribution is -0.385. The first-order valence-corrected chi connectivity index (χ1v) is 7.16. The SMILES string of the molecule is COc1cc(OC)c([N+](=O)[O-])cc1C=C(C#N)c1ccccc1Cl. The lowest BCUT2D eigenvalue weighted by Crippen LogP contribution is -1.97. The van der Waals surface area contributed by atoms with Crippen LogP contribution in [0.25, 0.3) is 11.6 Å². The van der Waals surface area contributed by atoms with Crippen LogP contribution in [0.5, 0.6) is 11.5 Å². The van der Waals surface area contributed by atoms with E-state index in [-0.39, 0.29) is 17.0 Å². The second-order valence-corrected chi connectivity index (χ2v) is 5.08. The molecule has 122 valence electrons. The Labute approximate surface area is 143 Å². The molecular formula is C17H13ClN2O4. The summed E-state index contributed by atoms with van der Waals surface area (Å²) in [6, 6.07) is 11.6. The average molecular weight is 345 g/mol. The van der Waals surface area contributed by atoms with Gasteiger partial charge in [0.2, 0.25) is 5.75 Å². The molecule has 0 saturated heterocycles. The molecule has 0 aliphatic heterocycles. The summed E-state index contributed by atoms with van der Waals surface area (Å²) in [5.41, 5.74) is 0.947. The molecule has 0 heterocycles. The third kappa shape index (κ3) is 3.47. The normalized spacial score (nSPS) is 10.8. The minimum absolute atomic E-state index is 0.0743. The monoisotopic (exact) mass is 344 g/mol. The number of benzene rings is 2. The highest BCUT2D eigenvalue weighted by Crippen LogP contribution is 2.36. The third-order valence-corrected chi connectivity index (χ3v) is 3.64. The molecule has 0 atom stereocenters. The number of halogens is 1. The summed E-state index contributed by atoms with van der Waals surface area (Å²) < 4.78 is 10.3. The molecule has 0 unspecified atom stereocenters. The van der Waals surface area contributed by atoms with Crippen LogP contribution in [0.15, 0.2) is 36.4 Å². The van der Waals surface area contributed by atoms with Gasteiger partial charge in [-0.1, -0.05) is 29.8 Å².